The molecule has 0 bridgehead atoms. The number of rotatable bonds is 4. The quantitative estimate of drug-likeness (QED) is 0.540. The molecule has 0 saturated carbocycles. The minimum atomic E-state index is -1.29. The average Bonchev–Trinajstić information content (AvgIpc) is 2.62. The van der Waals surface area contributed by atoms with Crippen LogP contribution in [0.2, 0.25) is 0 Å². The standard InChI is InChI=1S/C21H21F3IN3O3/c1-21(2,3)27-20(30)31-12-9-28(10-12)19(29)13-5-6-14(22)17(24)18(13)26-16-7-4-11(25)8-15(16)23/h4-8,12,26H,9-10H2,1-3H3,(H,27,30). The van der Waals surface area contributed by atoms with Crippen molar-refractivity contribution in [2.24, 2.45) is 0 Å². The molecule has 2 N–H and O–H groups in total. The summed E-state index contributed by atoms with van der Waals surface area (Å²) >= 11 is 1.92. The Morgan fingerprint density at radius 1 is 1.10 bits per heavy atom. The number of ether oxygens (including phenoxy) is 1. The largest absolute Gasteiger partial charge is 0.442 e. The molecule has 0 aromatic heterocycles. The van der Waals surface area contributed by atoms with Gasteiger partial charge in [-0.1, -0.05) is 0 Å². The van der Waals surface area contributed by atoms with Crippen molar-refractivity contribution in [3.05, 3.63) is 56.9 Å². The Hall–Kier alpha value is -2.50. The SMILES string of the molecule is CC(C)(C)NC(=O)OC1CN(C(=O)c2ccc(F)c(F)c2Nc2ccc(I)cc2F)C1. The molecule has 6 nitrogen and oxygen atoms in total. The summed E-state index contributed by atoms with van der Waals surface area (Å²) in [6.45, 7) is 5.62. The zero-order valence-corrected chi connectivity index (χ0v) is 19.2. The molecule has 1 aliphatic heterocycles. The fourth-order valence-corrected chi connectivity index (χ4v) is 3.37. The lowest BCUT2D eigenvalue weighted by atomic mass is 10.1. The summed E-state index contributed by atoms with van der Waals surface area (Å²) in [5.74, 6) is -3.73. The molecule has 0 atom stereocenters. The third kappa shape index (κ3) is 5.60. The highest BCUT2D eigenvalue weighted by Gasteiger charge is 2.36. The Morgan fingerprint density at radius 2 is 1.77 bits per heavy atom. The average molecular weight is 547 g/mol. The lowest BCUT2D eigenvalue weighted by molar-refractivity contribution is -0.00818. The molecule has 2 aromatic carbocycles. The van der Waals surface area contributed by atoms with E-state index in [0.717, 1.165) is 12.1 Å². The predicted octanol–water partition coefficient (Wildman–Crippen LogP) is 4.80. The fourth-order valence-electron chi connectivity index (χ4n) is 2.91. The van der Waals surface area contributed by atoms with Crippen molar-refractivity contribution >= 4 is 46.0 Å². The zero-order chi connectivity index (χ0) is 22.9. The van der Waals surface area contributed by atoms with Crippen LogP contribution in [0.25, 0.3) is 0 Å². The molecule has 31 heavy (non-hydrogen) atoms. The van der Waals surface area contributed by atoms with Crippen LogP contribution in [-0.2, 0) is 4.74 Å². The zero-order valence-electron chi connectivity index (χ0n) is 17.1. The second kappa shape index (κ2) is 8.93. The third-order valence-corrected chi connectivity index (χ3v) is 5.07. The van der Waals surface area contributed by atoms with Crippen LogP contribution < -0.4 is 10.6 Å². The topological polar surface area (TPSA) is 70.7 Å². The van der Waals surface area contributed by atoms with Crippen LogP contribution >= 0.6 is 22.6 Å². The van der Waals surface area contributed by atoms with E-state index in [1.54, 1.807) is 26.8 Å². The first-order chi connectivity index (χ1) is 14.4. The molecule has 10 heteroatoms. The highest BCUT2D eigenvalue weighted by molar-refractivity contribution is 14.1. The minimum Gasteiger partial charge on any atom is -0.442 e. The predicted molar refractivity (Wildman–Crippen MR) is 118 cm³/mol. The molecule has 1 heterocycles. The van der Waals surface area contributed by atoms with E-state index in [2.05, 4.69) is 10.6 Å². The molecule has 0 unspecified atom stereocenters. The van der Waals surface area contributed by atoms with E-state index in [0.29, 0.717) is 3.57 Å². The van der Waals surface area contributed by atoms with E-state index in [9.17, 15) is 22.8 Å². The van der Waals surface area contributed by atoms with Crippen LogP contribution in [0.3, 0.4) is 0 Å². The van der Waals surface area contributed by atoms with Gasteiger partial charge in [0, 0.05) is 9.11 Å². The monoisotopic (exact) mass is 547 g/mol. The second-order valence-electron chi connectivity index (χ2n) is 8.15. The van der Waals surface area contributed by atoms with E-state index >= 15 is 0 Å². The first-order valence-electron chi connectivity index (χ1n) is 9.43. The van der Waals surface area contributed by atoms with E-state index in [1.807, 2.05) is 22.6 Å². The first-order valence-corrected chi connectivity index (χ1v) is 10.5. The number of hydrogen-bond acceptors (Lipinski definition) is 4. The summed E-state index contributed by atoms with van der Waals surface area (Å²) in [5, 5.41) is 5.15. The van der Waals surface area contributed by atoms with Crippen molar-refractivity contribution in [2.45, 2.75) is 32.4 Å². The Morgan fingerprint density at radius 3 is 2.39 bits per heavy atom. The van der Waals surface area contributed by atoms with E-state index < -0.39 is 46.8 Å². The lowest BCUT2D eigenvalue weighted by Gasteiger charge is -2.39. The molecular weight excluding hydrogens is 526 g/mol. The highest BCUT2D eigenvalue weighted by atomic mass is 127. The Labute approximate surface area is 191 Å². The van der Waals surface area contributed by atoms with Crippen LogP contribution in [-0.4, -0.2) is 41.6 Å². The maximum absolute atomic E-state index is 14.5. The number of anilines is 2. The Bertz CT molecular complexity index is 1020. The molecule has 0 radical (unpaired) electrons. The van der Waals surface area contributed by atoms with Crippen molar-refractivity contribution in [3.63, 3.8) is 0 Å². The Balaban J connectivity index is 1.74. The van der Waals surface area contributed by atoms with Crippen LogP contribution in [0.5, 0.6) is 0 Å². The number of likely N-dealkylation sites (tertiary alicyclic amines) is 1. The van der Waals surface area contributed by atoms with Gasteiger partial charge in [-0.15, -0.1) is 0 Å². The molecule has 2 aromatic rings. The number of carbonyl (C=O) groups excluding carboxylic acids is 2. The molecule has 1 aliphatic rings. The second-order valence-corrected chi connectivity index (χ2v) is 9.39. The molecule has 3 rings (SSSR count). The molecular formula is C21H21F3IN3O3. The van der Waals surface area contributed by atoms with Gasteiger partial charge in [-0.05, 0) is 73.7 Å². The molecule has 1 saturated heterocycles. The summed E-state index contributed by atoms with van der Waals surface area (Å²) in [6.07, 6.45) is -1.12. The van der Waals surface area contributed by atoms with Gasteiger partial charge >= 0.3 is 6.09 Å². The summed E-state index contributed by atoms with van der Waals surface area (Å²) < 4.78 is 48.4. The molecule has 2 amide bonds. The Kier molecular flexibility index (Phi) is 6.68. The molecule has 0 aliphatic carbocycles. The van der Waals surface area contributed by atoms with Gasteiger partial charge in [-0.25, -0.2) is 18.0 Å². The number of benzene rings is 2. The lowest BCUT2D eigenvalue weighted by Crippen LogP contribution is -2.57. The van der Waals surface area contributed by atoms with Crippen LogP contribution in [0.1, 0.15) is 31.1 Å². The fraction of sp³-hybridized carbons (Fsp3) is 0.333. The van der Waals surface area contributed by atoms with Crippen molar-refractivity contribution in [1.82, 2.24) is 10.2 Å². The molecule has 1 fully saturated rings. The maximum atomic E-state index is 14.5. The minimum absolute atomic E-state index is 0.0948. The van der Waals surface area contributed by atoms with Crippen molar-refractivity contribution in [3.8, 4) is 0 Å². The van der Waals surface area contributed by atoms with Crippen molar-refractivity contribution < 1.29 is 27.5 Å². The maximum Gasteiger partial charge on any atom is 0.407 e. The number of nitrogens with zero attached hydrogens (tertiary/aromatic N) is 1. The van der Waals surface area contributed by atoms with E-state index in [1.165, 1.54) is 17.0 Å². The number of carbonyl (C=O) groups is 2. The van der Waals surface area contributed by atoms with Gasteiger partial charge in [0.1, 0.15) is 11.9 Å². The van der Waals surface area contributed by atoms with Crippen LogP contribution in [0.15, 0.2) is 30.3 Å². The number of nitrogens with one attached hydrogen (secondary N) is 2. The van der Waals surface area contributed by atoms with Crippen LogP contribution in [0.4, 0.5) is 29.3 Å². The van der Waals surface area contributed by atoms with Gasteiger partial charge in [0.15, 0.2) is 11.6 Å². The highest BCUT2D eigenvalue weighted by Crippen LogP contribution is 2.30. The summed E-state index contributed by atoms with van der Waals surface area (Å²) in [5.41, 5.74) is -1.18. The molecule has 0 spiro atoms. The van der Waals surface area contributed by atoms with Crippen LogP contribution in [0, 0.1) is 21.0 Å². The normalized spacial score (nSPS) is 14.1. The van der Waals surface area contributed by atoms with E-state index in [-0.39, 0.29) is 24.3 Å². The summed E-state index contributed by atoms with van der Waals surface area (Å²) in [4.78, 5) is 26.0. The first kappa shape index (κ1) is 23.2. The summed E-state index contributed by atoms with van der Waals surface area (Å²) in [7, 11) is 0. The summed E-state index contributed by atoms with van der Waals surface area (Å²) in [6, 6.07) is 6.15. The van der Waals surface area contributed by atoms with Crippen molar-refractivity contribution in [1.29, 1.82) is 0 Å². The number of hydrogen-bond donors (Lipinski definition) is 2. The number of alkyl carbamates (subject to hydrolysis) is 1. The smallest absolute Gasteiger partial charge is 0.407 e. The van der Waals surface area contributed by atoms with Gasteiger partial charge in [0.25, 0.3) is 5.91 Å². The van der Waals surface area contributed by atoms with Crippen molar-refractivity contribution in [2.75, 3.05) is 18.4 Å². The van der Waals surface area contributed by atoms with Gasteiger partial charge in [0.05, 0.1) is 30.0 Å². The van der Waals surface area contributed by atoms with Gasteiger partial charge < -0.3 is 20.3 Å². The van der Waals surface area contributed by atoms with Gasteiger partial charge in [-0.3, -0.25) is 4.79 Å². The van der Waals surface area contributed by atoms with E-state index in [4.69, 9.17) is 4.74 Å². The molecule has 166 valence electrons. The van der Waals surface area contributed by atoms with Gasteiger partial charge in [0.2, 0.25) is 0 Å². The number of amides is 2. The van der Waals surface area contributed by atoms with Gasteiger partial charge in [-0.2, -0.15) is 0 Å². The number of halogens is 4. The third-order valence-electron chi connectivity index (χ3n) is 4.40.